The fraction of sp³-hybridized carbons (Fsp3) is 0.889. The first-order valence-corrected chi connectivity index (χ1v) is 4.42. The SMILES string of the molecule is CC(C)(C)N=C(N)C1CCOC1. The zero-order chi connectivity index (χ0) is 9.19. The van der Waals surface area contributed by atoms with Crippen molar-refractivity contribution < 1.29 is 4.74 Å². The lowest BCUT2D eigenvalue weighted by Crippen LogP contribution is -2.28. The van der Waals surface area contributed by atoms with Crippen LogP contribution < -0.4 is 5.73 Å². The third-order valence-electron chi connectivity index (χ3n) is 1.81. The third kappa shape index (κ3) is 2.81. The lowest BCUT2D eigenvalue weighted by Gasteiger charge is -2.16. The zero-order valence-electron chi connectivity index (χ0n) is 8.13. The number of ether oxygens (including phenoxy) is 1. The van der Waals surface area contributed by atoms with Crippen molar-refractivity contribution >= 4 is 5.84 Å². The van der Waals surface area contributed by atoms with Gasteiger partial charge in [-0.25, -0.2) is 0 Å². The van der Waals surface area contributed by atoms with E-state index in [1.54, 1.807) is 0 Å². The maximum Gasteiger partial charge on any atom is 0.0999 e. The van der Waals surface area contributed by atoms with Gasteiger partial charge in [0, 0.05) is 12.5 Å². The number of aliphatic imine (C=N–C) groups is 1. The van der Waals surface area contributed by atoms with Gasteiger partial charge in [-0.15, -0.1) is 0 Å². The minimum absolute atomic E-state index is 0.0628. The van der Waals surface area contributed by atoms with Gasteiger partial charge in [-0.05, 0) is 27.2 Å². The second-order valence-corrected chi connectivity index (χ2v) is 4.27. The summed E-state index contributed by atoms with van der Waals surface area (Å²) < 4.78 is 5.23. The van der Waals surface area contributed by atoms with E-state index in [1.165, 1.54) is 0 Å². The topological polar surface area (TPSA) is 47.6 Å². The molecule has 0 radical (unpaired) electrons. The van der Waals surface area contributed by atoms with Gasteiger partial charge in [0.05, 0.1) is 18.0 Å². The van der Waals surface area contributed by atoms with E-state index in [0.29, 0.717) is 5.92 Å². The van der Waals surface area contributed by atoms with Gasteiger partial charge < -0.3 is 10.5 Å². The summed E-state index contributed by atoms with van der Waals surface area (Å²) in [6.45, 7) is 7.72. The fourth-order valence-corrected chi connectivity index (χ4v) is 1.25. The van der Waals surface area contributed by atoms with Gasteiger partial charge in [0.1, 0.15) is 0 Å². The van der Waals surface area contributed by atoms with E-state index in [-0.39, 0.29) is 5.54 Å². The second-order valence-electron chi connectivity index (χ2n) is 4.27. The number of amidine groups is 1. The maximum atomic E-state index is 5.84. The normalized spacial score (nSPS) is 26.2. The molecule has 0 aliphatic carbocycles. The molecule has 1 rings (SSSR count). The molecule has 0 aromatic carbocycles. The van der Waals surface area contributed by atoms with E-state index < -0.39 is 0 Å². The number of hydrogen-bond donors (Lipinski definition) is 1. The lowest BCUT2D eigenvalue weighted by molar-refractivity contribution is 0.193. The number of hydrogen-bond acceptors (Lipinski definition) is 2. The molecule has 3 heteroatoms. The predicted octanol–water partition coefficient (Wildman–Crippen LogP) is 1.18. The Bertz CT molecular complexity index is 175. The summed E-state index contributed by atoms with van der Waals surface area (Å²) in [5.41, 5.74) is 5.77. The molecule has 1 aliphatic rings. The lowest BCUT2D eigenvalue weighted by atomic mass is 10.1. The zero-order valence-corrected chi connectivity index (χ0v) is 8.13. The van der Waals surface area contributed by atoms with Gasteiger partial charge in [0.15, 0.2) is 0 Å². The summed E-state index contributed by atoms with van der Waals surface area (Å²) in [7, 11) is 0. The van der Waals surface area contributed by atoms with Gasteiger partial charge in [-0.2, -0.15) is 0 Å². The molecule has 2 N–H and O–H groups in total. The van der Waals surface area contributed by atoms with Crippen molar-refractivity contribution in [1.82, 2.24) is 0 Å². The molecule has 1 fully saturated rings. The molecule has 0 spiro atoms. The first kappa shape index (κ1) is 9.52. The summed E-state index contributed by atoms with van der Waals surface area (Å²) in [4.78, 5) is 4.41. The van der Waals surface area contributed by atoms with Crippen LogP contribution in [-0.4, -0.2) is 24.6 Å². The smallest absolute Gasteiger partial charge is 0.0999 e. The highest BCUT2D eigenvalue weighted by atomic mass is 16.5. The van der Waals surface area contributed by atoms with Gasteiger partial charge in [0.25, 0.3) is 0 Å². The van der Waals surface area contributed by atoms with Gasteiger partial charge >= 0.3 is 0 Å². The minimum Gasteiger partial charge on any atom is -0.387 e. The Morgan fingerprint density at radius 2 is 2.17 bits per heavy atom. The Balaban J connectivity index is 2.56. The highest BCUT2D eigenvalue weighted by molar-refractivity contribution is 5.83. The molecular weight excluding hydrogens is 152 g/mol. The second kappa shape index (κ2) is 3.44. The summed E-state index contributed by atoms with van der Waals surface area (Å²) >= 11 is 0. The van der Waals surface area contributed by atoms with Crippen LogP contribution in [0.4, 0.5) is 0 Å². The monoisotopic (exact) mass is 170 g/mol. The molecule has 0 aromatic heterocycles. The first-order valence-electron chi connectivity index (χ1n) is 4.42. The molecule has 0 saturated carbocycles. The van der Waals surface area contributed by atoms with Crippen LogP contribution >= 0.6 is 0 Å². The van der Waals surface area contributed by atoms with Crippen LogP contribution in [0.5, 0.6) is 0 Å². The van der Waals surface area contributed by atoms with Crippen molar-refractivity contribution in [2.75, 3.05) is 13.2 Å². The molecule has 70 valence electrons. The Morgan fingerprint density at radius 3 is 2.58 bits per heavy atom. The van der Waals surface area contributed by atoms with E-state index in [1.807, 2.05) is 0 Å². The first-order chi connectivity index (χ1) is 5.49. The molecule has 3 nitrogen and oxygen atoms in total. The quantitative estimate of drug-likeness (QED) is 0.474. The van der Waals surface area contributed by atoms with Crippen molar-refractivity contribution in [1.29, 1.82) is 0 Å². The summed E-state index contributed by atoms with van der Waals surface area (Å²) in [5.74, 6) is 1.10. The van der Waals surface area contributed by atoms with Crippen LogP contribution in [0.1, 0.15) is 27.2 Å². The van der Waals surface area contributed by atoms with Crippen LogP contribution in [0.25, 0.3) is 0 Å². The van der Waals surface area contributed by atoms with Crippen molar-refractivity contribution in [3.05, 3.63) is 0 Å². The highest BCUT2D eigenvalue weighted by Crippen LogP contribution is 2.15. The molecule has 12 heavy (non-hydrogen) atoms. The van der Waals surface area contributed by atoms with E-state index >= 15 is 0 Å². The van der Waals surface area contributed by atoms with Gasteiger partial charge in [-0.3, -0.25) is 4.99 Å². The Kier molecular flexibility index (Phi) is 2.73. The molecule has 0 aromatic rings. The van der Waals surface area contributed by atoms with Gasteiger partial charge in [0.2, 0.25) is 0 Å². The van der Waals surface area contributed by atoms with E-state index in [4.69, 9.17) is 10.5 Å². The average molecular weight is 170 g/mol. The predicted molar refractivity (Wildman–Crippen MR) is 50.3 cm³/mol. The Morgan fingerprint density at radius 1 is 1.50 bits per heavy atom. The standard InChI is InChI=1S/C9H18N2O/c1-9(2,3)11-8(10)7-4-5-12-6-7/h7H,4-6H2,1-3H3,(H2,10,11). The summed E-state index contributed by atoms with van der Waals surface area (Å²) in [6.07, 6.45) is 1.02. The van der Waals surface area contributed by atoms with Crippen molar-refractivity contribution in [2.45, 2.75) is 32.7 Å². The van der Waals surface area contributed by atoms with Crippen LogP contribution in [-0.2, 0) is 4.74 Å². The highest BCUT2D eigenvalue weighted by Gasteiger charge is 2.21. The minimum atomic E-state index is -0.0628. The molecule has 1 unspecified atom stereocenters. The van der Waals surface area contributed by atoms with Crippen LogP contribution in [0.15, 0.2) is 4.99 Å². The molecule has 0 bridgehead atoms. The summed E-state index contributed by atoms with van der Waals surface area (Å²) in [6, 6.07) is 0. The van der Waals surface area contributed by atoms with E-state index in [0.717, 1.165) is 25.5 Å². The molecule has 1 saturated heterocycles. The molecule has 1 atom stereocenters. The van der Waals surface area contributed by atoms with Crippen molar-refractivity contribution in [3.8, 4) is 0 Å². The van der Waals surface area contributed by atoms with E-state index in [9.17, 15) is 0 Å². The van der Waals surface area contributed by atoms with E-state index in [2.05, 4.69) is 25.8 Å². The molecular formula is C9H18N2O. The number of nitrogens with two attached hydrogens (primary N) is 1. The van der Waals surface area contributed by atoms with Gasteiger partial charge in [-0.1, -0.05) is 0 Å². The van der Waals surface area contributed by atoms with Crippen LogP contribution in [0, 0.1) is 5.92 Å². The largest absolute Gasteiger partial charge is 0.387 e. The van der Waals surface area contributed by atoms with Crippen LogP contribution in [0.3, 0.4) is 0 Å². The Hall–Kier alpha value is -0.570. The Labute approximate surface area is 74.0 Å². The maximum absolute atomic E-state index is 5.84. The molecule has 1 aliphatic heterocycles. The van der Waals surface area contributed by atoms with Crippen molar-refractivity contribution in [3.63, 3.8) is 0 Å². The fourth-order valence-electron chi connectivity index (χ4n) is 1.25. The van der Waals surface area contributed by atoms with Crippen LogP contribution in [0.2, 0.25) is 0 Å². The van der Waals surface area contributed by atoms with Crippen molar-refractivity contribution in [2.24, 2.45) is 16.6 Å². The summed E-state index contributed by atoms with van der Waals surface area (Å²) in [5, 5.41) is 0. The number of nitrogens with zero attached hydrogens (tertiary/aromatic N) is 1. The molecule has 1 heterocycles. The third-order valence-corrected chi connectivity index (χ3v) is 1.81. The number of rotatable bonds is 1. The molecule has 0 amide bonds. The average Bonchev–Trinajstić information content (AvgIpc) is 2.32.